The lowest BCUT2D eigenvalue weighted by Crippen LogP contribution is -2.58. The zero-order valence-electron chi connectivity index (χ0n) is 10.7. The fraction of sp³-hybridized carbons (Fsp3) is 0.467. The van der Waals surface area contributed by atoms with E-state index in [9.17, 15) is 0 Å². The van der Waals surface area contributed by atoms with Gasteiger partial charge in [-0.3, -0.25) is 4.90 Å². The molecule has 1 aromatic carbocycles. The van der Waals surface area contributed by atoms with E-state index in [0.29, 0.717) is 0 Å². The van der Waals surface area contributed by atoms with E-state index in [4.69, 9.17) is 0 Å². The number of benzene rings is 1. The molecule has 92 valence electrons. The summed E-state index contributed by atoms with van der Waals surface area (Å²) in [4.78, 5) is 2.57. The lowest BCUT2D eigenvalue weighted by Gasteiger charge is -2.45. The molecule has 0 aromatic heterocycles. The average molecular weight is 230 g/mol. The normalized spacial score (nSPS) is 25.7. The van der Waals surface area contributed by atoms with Gasteiger partial charge < -0.3 is 5.32 Å². The van der Waals surface area contributed by atoms with Gasteiger partial charge in [-0.25, -0.2) is 0 Å². The standard InChI is InChI=1S/C15H22N2/c1-3-9-15(2)13-16-10-11-17(15)12-14-7-5-4-6-8-14/h3-8,16H,1,9-13H2,2H3/t15-/m0/s1. The molecule has 0 spiro atoms. The summed E-state index contributed by atoms with van der Waals surface area (Å²) in [5.41, 5.74) is 1.60. The summed E-state index contributed by atoms with van der Waals surface area (Å²) in [6.07, 6.45) is 3.07. The van der Waals surface area contributed by atoms with Crippen molar-refractivity contribution in [1.29, 1.82) is 0 Å². The Labute approximate surface area is 104 Å². The predicted molar refractivity (Wildman–Crippen MR) is 72.9 cm³/mol. The highest BCUT2D eigenvalue weighted by Gasteiger charge is 2.32. The second kappa shape index (κ2) is 5.48. The van der Waals surface area contributed by atoms with Crippen LogP contribution in [0.25, 0.3) is 0 Å². The van der Waals surface area contributed by atoms with Crippen LogP contribution in [-0.4, -0.2) is 30.1 Å². The Morgan fingerprint density at radius 1 is 1.41 bits per heavy atom. The van der Waals surface area contributed by atoms with E-state index in [1.54, 1.807) is 0 Å². The van der Waals surface area contributed by atoms with Crippen molar-refractivity contribution in [2.75, 3.05) is 19.6 Å². The van der Waals surface area contributed by atoms with Gasteiger partial charge in [-0.1, -0.05) is 36.4 Å². The van der Waals surface area contributed by atoms with E-state index >= 15 is 0 Å². The Morgan fingerprint density at radius 2 is 2.18 bits per heavy atom. The fourth-order valence-electron chi connectivity index (χ4n) is 2.54. The quantitative estimate of drug-likeness (QED) is 0.799. The maximum Gasteiger partial charge on any atom is 0.0344 e. The first-order valence-electron chi connectivity index (χ1n) is 6.35. The van der Waals surface area contributed by atoms with Gasteiger partial charge in [0.1, 0.15) is 0 Å². The van der Waals surface area contributed by atoms with Crippen molar-refractivity contribution in [3.05, 3.63) is 48.6 Å². The number of rotatable bonds is 4. The third kappa shape index (κ3) is 2.96. The van der Waals surface area contributed by atoms with Crippen molar-refractivity contribution < 1.29 is 0 Å². The molecule has 2 nitrogen and oxygen atoms in total. The molecular formula is C15H22N2. The van der Waals surface area contributed by atoms with Gasteiger partial charge in [-0.05, 0) is 18.9 Å². The molecule has 1 heterocycles. The highest BCUT2D eigenvalue weighted by Crippen LogP contribution is 2.23. The monoisotopic (exact) mass is 230 g/mol. The van der Waals surface area contributed by atoms with Crippen molar-refractivity contribution in [2.45, 2.75) is 25.4 Å². The predicted octanol–water partition coefficient (Wildman–Crippen LogP) is 2.43. The molecule has 1 N–H and O–H groups in total. The van der Waals surface area contributed by atoms with Crippen LogP contribution in [0.1, 0.15) is 18.9 Å². The Balaban J connectivity index is 2.09. The first kappa shape index (κ1) is 12.3. The van der Waals surface area contributed by atoms with Gasteiger partial charge in [0.25, 0.3) is 0 Å². The molecule has 0 unspecified atom stereocenters. The van der Waals surface area contributed by atoms with Crippen molar-refractivity contribution in [1.82, 2.24) is 10.2 Å². The summed E-state index contributed by atoms with van der Waals surface area (Å²) in [6.45, 7) is 10.5. The van der Waals surface area contributed by atoms with Crippen LogP contribution in [0.5, 0.6) is 0 Å². The largest absolute Gasteiger partial charge is 0.314 e. The average Bonchev–Trinajstić information content (AvgIpc) is 2.34. The summed E-state index contributed by atoms with van der Waals surface area (Å²) < 4.78 is 0. The molecule has 2 heteroatoms. The number of hydrogen-bond acceptors (Lipinski definition) is 2. The van der Waals surface area contributed by atoms with Gasteiger partial charge in [-0.2, -0.15) is 0 Å². The molecule has 1 saturated heterocycles. The molecule has 0 saturated carbocycles. The van der Waals surface area contributed by atoms with Crippen LogP contribution < -0.4 is 5.32 Å². The Bertz CT molecular complexity index is 360. The van der Waals surface area contributed by atoms with E-state index in [1.165, 1.54) is 5.56 Å². The molecule has 0 amide bonds. The van der Waals surface area contributed by atoms with Crippen LogP contribution in [0.2, 0.25) is 0 Å². The van der Waals surface area contributed by atoms with Gasteiger partial charge in [-0.15, -0.1) is 6.58 Å². The molecule has 0 aliphatic carbocycles. The lowest BCUT2D eigenvalue weighted by atomic mass is 9.92. The zero-order chi connectivity index (χ0) is 12.1. The molecule has 1 atom stereocenters. The number of hydrogen-bond donors (Lipinski definition) is 1. The number of piperazine rings is 1. The third-order valence-electron chi connectivity index (χ3n) is 3.63. The third-order valence-corrected chi connectivity index (χ3v) is 3.63. The SMILES string of the molecule is C=CC[C@@]1(C)CNCCN1Cc1ccccc1. The molecule has 1 aliphatic rings. The maximum absolute atomic E-state index is 3.89. The second-order valence-electron chi connectivity index (χ2n) is 5.07. The van der Waals surface area contributed by atoms with Crippen LogP contribution in [0.3, 0.4) is 0 Å². The van der Waals surface area contributed by atoms with Crippen molar-refractivity contribution in [2.24, 2.45) is 0 Å². The minimum absolute atomic E-state index is 0.204. The number of nitrogens with one attached hydrogen (secondary N) is 1. The van der Waals surface area contributed by atoms with E-state index in [0.717, 1.165) is 32.6 Å². The van der Waals surface area contributed by atoms with E-state index in [2.05, 4.69) is 54.1 Å². The van der Waals surface area contributed by atoms with E-state index in [1.807, 2.05) is 6.08 Å². The Morgan fingerprint density at radius 3 is 2.88 bits per heavy atom. The minimum atomic E-state index is 0.204. The van der Waals surface area contributed by atoms with Crippen molar-refractivity contribution >= 4 is 0 Å². The molecule has 1 aromatic rings. The van der Waals surface area contributed by atoms with E-state index < -0.39 is 0 Å². The van der Waals surface area contributed by atoms with Crippen LogP contribution >= 0.6 is 0 Å². The summed E-state index contributed by atoms with van der Waals surface area (Å²) in [5, 5.41) is 3.49. The second-order valence-corrected chi connectivity index (χ2v) is 5.07. The molecular weight excluding hydrogens is 208 g/mol. The smallest absolute Gasteiger partial charge is 0.0344 e. The lowest BCUT2D eigenvalue weighted by molar-refractivity contribution is 0.0695. The summed E-state index contributed by atoms with van der Waals surface area (Å²) in [6, 6.07) is 10.7. The van der Waals surface area contributed by atoms with Gasteiger partial charge in [0, 0.05) is 31.7 Å². The Kier molecular flexibility index (Phi) is 3.97. The first-order chi connectivity index (χ1) is 8.24. The highest BCUT2D eigenvalue weighted by molar-refractivity contribution is 5.15. The molecule has 0 radical (unpaired) electrons. The van der Waals surface area contributed by atoms with Gasteiger partial charge in [0.2, 0.25) is 0 Å². The van der Waals surface area contributed by atoms with Crippen LogP contribution in [-0.2, 0) is 6.54 Å². The van der Waals surface area contributed by atoms with E-state index in [-0.39, 0.29) is 5.54 Å². The molecule has 1 fully saturated rings. The van der Waals surface area contributed by atoms with Crippen LogP contribution in [0.15, 0.2) is 43.0 Å². The molecule has 0 bridgehead atoms. The topological polar surface area (TPSA) is 15.3 Å². The van der Waals surface area contributed by atoms with Gasteiger partial charge in [0.05, 0.1) is 0 Å². The molecule has 1 aliphatic heterocycles. The summed E-state index contributed by atoms with van der Waals surface area (Å²) in [5.74, 6) is 0. The first-order valence-corrected chi connectivity index (χ1v) is 6.35. The molecule has 2 rings (SSSR count). The summed E-state index contributed by atoms with van der Waals surface area (Å²) >= 11 is 0. The van der Waals surface area contributed by atoms with Gasteiger partial charge in [0.15, 0.2) is 0 Å². The minimum Gasteiger partial charge on any atom is -0.314 e. The van der Waals surface area contributed by atoms with Crippen LogP contribution in [0.4, 0.5) is 0 Å². The fourth-order valence-corrected chi connectivity index (χ4v) is 2.54. The van der Waals surface area contributed by atoms with Crippen molar-refractivity contribution in [3.8, 4) is 0 Å². The van der Waals surface area contributed by atoms with Crippen molar-refractivity contribution in [3.63, 3.8) is 0 Å². The maximum atomic E-state index is 3.89. The highest BCUT2D eigenvalue weighted by atomic mass is 15.2. The summed E-state index contributed by atoms with van der Waals surface area (Å²) in [7, 11) is 0. The zero-order valence-corrected chi connectivity index (χ0v) is 10.7. The van der Waals surface area contributed by atoms with Crippen LogP contribution in [0, 0.1) is 0 Å². The molecule has 17 heavy (non-hydrogen) atoms. The number of nitrogens with zero attached hydrogens (tertiary/aromatic N) is 1. The Hall–Kier alpha value is -1.12. The van der Waals surface area contributed by atoms with Gasteiger partial charge >= 0.3 is 0 Å².